The normalized spacial score (nSPS) is 11.2. The fraction of sp³-hybridized carbons (Fsp3) is 0.250. The standard InChI is InChI=1S/C12H13NO4/c1-9(4-2-7-12(14)15)10-5-3-6-11(8-10)13(16)17/h3-6,8H,2,7H2,1H3,(H,14,15)/b9-4+. The first-order valence-corrected chi connectivity index (χ1v) is 5.14. The Balaban J connectivity index is 2.81. The van der Waals surface area contributed by atoms with E-state index in [-0.39, 0.29) is 12.1 Å². The summed E-state index contributed by atoms with van der Waals surface area (Å²) in [6.45, 7) is 1.81. The number of carboxylic acid groups (broad SMARTS) is 1. The molecule has 0 radical (unpaired) electrons. The SMILES string of the molecule is C/C(=C\CCC(=O)O)c1cccc([N+](=O)[O-])c1. The lowest BCUT2D eigenvalue weighted by atomic mass is 10.1. The van der Waals surface area contributed by atoms with Crippen molar-refractivity contribution in [2.24, 2.45) is 0 Å². The maximum absolute atomic E-state index is 10.6. The van der Waals surface area contributed by atoms with Gasteiger partial charge in [0.25, 0.3) is 5.69 Å². The highest BCUT2D eigenvalue weighted by Gasteiger charge is 2.06. The van der Waals surface area contributed by atoms with Crippen molar-refractivity contribution in [3.8, 4) is 0 Å². The monoisotopic (exact) mass is 235 g/mol. The van der Waals surface area contributed by atoms with Gasteiger partial charge in [0.05, 0.1) is 4.92 Å². The first kappa shape index (κ1) is 12.9. The van der Waals surface area contributed by atoms with Crippen molar-refractivity contribution in [2.75, 3.05) is 0 Å². The number of rotatable bonds is 5. The molecule has 90 valence electrons. The molecule has 5 heteroatoms. The lowest BCUT2D eigenvalue weighted by Crippen LogP contribution is -1.92. The third-order valence-corrected chi connectivity index (χ3v) is 2.32. The van der Waals surface area contributed by atoms with Gasteiger partial charge in [-0.3, -0.25) is 14.9 Å². The lowest BCUT2D eigenvalue weighted by Gasteiger charge is -2.01. The Labute approximate surface area is 98.5 Å². The number of carboxylic acids is 1. The Morgan fingerprint density at radius 3 is 2.82 bits per heavy atom. The lowest BCUT2D eigenvalue weighted by molar-refractivity contribution is -0.384. The maximum atomic E-state index is 10.6. The van der Waals surface area contributed by atoms with Gasteiger partial charge in [0.2, 0.25) is 0 Å². The van der Waals surface area contributed by atoms with Crippen molar-refractivity contribution in [3.05, 3.63) is 46.0 Å². The third kappa shape index (κ3) is 4.06. The molecule has 0 spiro atoms. The molecule has 0 aliphatic rings. The van der Waals surface area contributed by atoms with Crippen molar-refractivity contribution < 1.29 is 14.8 Å². The zero-order chi connectivity index (χ0) is 12.8. The number of nitro benzene ring substituents is 1. The molecule has 1 aromatic carbocycles. The molecule has 0 heterocycles. The number of carbonyl (C=O) groups is 1. The van der Waals surface area contributed by atoms with Crippen molar-refractivity contribution in [1.82, 2.24) is 0 Å². The summed E-state index contributed by atoms with van der Waals surface area (Å²) in [6.07, 6.45) is 2.25. The van der Waals surface area contributed by atoms with Crippen molar-refractivity contribution in [2.45, 2.75) is 19.8 Å². The molecular formula is C12H13NO4. The van der Waals surface area contributed by atoms with E-state index in [0.717, 1.165) is 11.1 Å². The van der Waals surface area contributed by atoms with Crippen LogP contribution in [0.25, 0.3) is 5.57 Å². The Hall–Kier alpha value is -2.17. The first-order chi connectivity index (χ1) is 8.00. The van der Waals surface area contributed by atoms with E-state index in [9.17, 15) is 14.9 Å². The van der Waals surface area contributed by atoms with E-state index in [4.69, 9.17) is 5.11 Å². The molecule has 0 fully saturated rings. The molecule has 1 N–H and O–H groups in total. The number of hydrogen-bond acceptors (Lipinski definition) is 3. The molecule has 5 nitrogen and oxygen atoms in total. The quantitative estimate of drug-likeness (QED) is 0.628. The van der Waals surface area contributed by atoms with E-state index < -0.39 is 10.9 Å². The number of aliphatic carboxylic acids is 1. The van der Waals surface area contributed by atoms with Crippen LogP contribution in [0.4, 0.5) is 5.69 Å². The Morgan fingerprint density at radius 2 is 2.24 bits per heavy atom. The largest absolute Gasteiger partial charge is 0.481 e. The van der Waals surface area contributed by atoms with E-state index in [1.807, 2.05) is 0 Å². The van der Waals surface area contributed by atoms with Gasteiger partial charge in [-0.15, -0.1) is 0 Å². The van der Waals surface area contributed by atoms with E-state index in [1.54, 1.807) is 25.1 Å². The molecule has 0 aromatic heterocycles. The van der Waals surface area contributed by atoms with Crippen LogP contribution in [0.1, 0.15) is 25.3 Å². The number of allylic oxidation sites excluding steroid dienone is 2. The molecule has 1 rings (SSSR count). The van der Waals surface area contributed by atoms with Crippen LogP contribution in [0, 0.1) is 10.1 Å². The van der Waals surface area contributed by atoms with Crippen LogP contribution in [-0.2, 0) is 4.79 Å². The van der Waals surface area contributed by atoms with Crippen molar-refractivity contribution in [3.63, 3.8) is 0 Å². The van der Waals surface area contributed by atoms with E-state index >= 15 is 0 Å². The molecule has 0 unspecified atom stereocenters. The average molecular weight is 235 g/mol. The molecule has 0 saturated carbocycles. The summed E-state index contributed by atoms with van der Waals surface area (Å²) in [4.78, 5) is 20.5. The summed E-state index contributed by atoms with van der Waals surface area (Å²) in [7, 11) is 0. The summed E-state index contributed by atoms with van der Waals surface area (Å²) in [5, 5.41) is 19.1. The summed E-state index contributed by atoms with van der Waals surface area (Å²) < 4.78 is 0. The van der Waals surface area contributed by atoms with Gasteiger partial charge in [0.15, 0.2) is 0 Å². The number of nitrogens with zero attached hydrogens (tertiary/aromatic N) is 1. The van der Waals surface area contributed by atoms with Gasteiger partial charge in [-0.1, -0.05) is 18.2 Å². The van der Waals surface area contributed by atoms with E-state index in [1.165, 1.54) is 12.1 Å². The second kappa shape index (κ2) is 5.79. The molecule has 0 saturated heterocycles. The van der Waals surface area contributed by atoms with Crippen LogP contribution in [-0.4, -0.2) is 16.0 Å². The predicted octanol–water partition coefficient (Wildman–Crippen LogP) is 2.86. The van der Waals surface area contributed by atoms with E-state index in [2.05, 4.69) is 0 Å². The smallest absolute Gasteiger partial charge is 0.303 e. The molecule has 0 amide bonds. The van der Waals surface area contributed by atoms with Gasteiger partial charge in [-0.2, -0.15) is 0 Å². The maximum Gasteiger partial charge on any atom is 0.303 e. The fourth-order valence-corrected chi connectivity index (χ4v) is 1.39. The van der Waals surface area contributed by atoms with Crippen LogP contribution in [0.2, 0.25) is 0 Å². The molecule has 0 atom stereocenters. The number of non-ortho nitro benzene ring substituents is 1. The summed E-state index contributed by atoms with van der Waals surface area (Å²) in [5.74, 6) is -0.854. The molecule has 0 aliphatic carbocycles. The topological polar surface area (TPSA) is 80.4 Å². The minimum Gasteiger partial charge on any atom is -0.481 e. The number of hydrogen-bond donors (Lipinski definition) is 1. The molecule has 17 heavy (non-hydrogen) atoms. The van der Waals surface area contributed by atoms with Crippen LogP contribution >= 0.6 is 0 Å². The van der Waals surface area contributed by atoms with Gasteiger partial charge in [0, 0.05) is 18.6 Å². The fourth-order valence-electron chi connectivity index (χ4n) is 1.39. The zero-order valence-corrected chi connectivity index (χ0v) is 9.42. The van der Waals surface area contributed by atoms with E-state index in [0.29, 0.717) is 6.42 Å². The summed E-state index contributed by atoms with van der Waals surface area (Å²) in [6, 6.07) is 6.28. The molecule has 0 aliphatic heterocycles. The summed E-state index contributed by atoms with van der Waals surface area (Å²) in [5.41, 5.74) is 1.62. The Morgan fingerprint density at radius 1 is 1.53 bits per heavy atom. The zero-order valence-electron chi connectivity index (χ0n) is 9.42. The Bertz CT molecular complexity index is 465. The van der Waals surface area contributed by atoms with Crippen LogP contribution in [0.15, 0.2) is 30.3 Å². The molecule has 1 aromatic rings. The van der Waals surface area contributed by atoms with Gasteiger partial charge in [-0.25, -0.2) is 0 Å². The third-order valence-electron chi connectivity index (χ3n) is 2.32. The predicted molar refractivity (Wildman–Crippen MR) is 63.6 cm³/mol. The Kier molecular flexibility index (Phi) is 4.39. The van der Waals surface area contributed by atoms with Crippen LogP contribution < -0.4 is 0 Å². The average Bonchev–Trinajstić information content (AvgIpc) is 2.28. The second-order valence-electron chi connectivity index (χ2n) is 3.63. The highest BCUT2D eigenvalue weighted by molar-refractivity contribution is 5.69. The molecular weight excluding hydrogens is 222 g/mol. The van der Waals surface area contributed by atoms with Crippen molar-refractivity contribution >= 4 is 17.2 Å². The number of nitro groups is 1. The van der Waals surface area contributed by atoms with Crippen LogP contribution in [0.5, 0.6) is 0 Å². The van der Waals surface area contributed by atoms with Crippen molar-refractivity contribution in [1.29, 1.82) is 0 Å². The minimum atomic E-state index is -0.854. The number of benzene rings is 1. The second-order valence-corrected chi connectivity index (χ2v) is 3.63. The highest BCUT2D eigenvalue weighted by Crippen LogP contribution is 2.20. The van der Waals surface area contributed by atoms with Gasteiger partial charge in [-0.05, 0) is 24.5 Å². The van der Waals surface area contributed by atoms with Gasteiger partial charge in [0.1, 0.15) is 0 Å². The molecule has 0 bridgehead atoms. The van der Waals surface area contributed by atoms with Gasteiger partial charge >= 0.3 is 5.97 Å². The minimum absolute atomic E-state index is 0.0356. The van der Waals surface area contributed by atoms with Gasteiger partial charge < -0.3 is 5.11 Å². The van der Waals surface area contributed by atoms with Crippen LogP contribution in [0.3, 0.4) is 0 Å². The highest BCUT2D eigenvalue weighted by atomic mass is 16.6. The first-order valence-electron chi connectivity index (χ1n) is 5.14. The summed E-state index contributed by atoms with van der Waals surface area (Å²) >= 11 is 0.